The fourth-order valence-electron chi connectivity index (χ4n) is 1.34. The van der Waals surface area contributed by atoms with Crippen LogP contribution in [0.5, 0.6) is 0 Å². The Hall–Kier alpha value is -1.12. The van der Waals surface area contributed by atoms with E-state index in [1.54, 1.807) is 0 Å². The van der Waals surface area contributed by atoms with E-state index in [0.29, 0.717) is 13.2 Å². The quantitative estimate of drug-likeness (QED) is 0.666. The molecule has 2 heteroatoms. The van der Waals surface area contributed by atoms with Gasteiger partial charge in [-0.15, -0.1) is 0 Å². The summed E-state index contributed by atoms with van der Waals surface area (Å²) in [6, 6.07) is 9.96. The molecule has 82 valence electrons. The number of rotatable bonds is 6. The zero-order chi connectivity index (χ0) is 11.1. The van der Waals surface area contributed by atoms with E-state index in [0.717, 1.165) is 11.1 Å². The van der Waals surface area contributed by atoms with Gasteiger partial charge >= 0.3 is 0 Å². The molecule has 0 aliphatic heterocycles. The summed E-state index contributed by atoms with van der Waals surface area (Å²) in [4.78, 5) is 0. The van der Waals surface area contributed by atoms with Crippen LogP contribution in [0.3, 0.4) is 0 Å². The van der Waals surface area contributed by atoms with Crippen molar-refractivity contribution >= 4 is 5.57 Å². The highest BCUT2D eigenvalue weighted by Gasteiger charge is 2.13. The van der Waals surface area contributed by atoms with Crippen LogP contribution in [-0.2, 0) is 9.47 Å². The largest absolute Gasteiger partial charge is 0.349 e. The summed E-state index contributed by atoms with van der Waals surface area (Å²) in [6.07, 6.45) is -0.331. The maximum absolute atomic E-state index is 5.48. The Kier molecular flexibility index (Phi) is 5.08. The van der Waals surface area contributed by atoms with Gasteiger partial charge in [0.25, 0.3) is 0 Å². The minimum absolute atomic E-state index is 0.331. The molecule has 0 bridgehead atoms. The summed E-state index contributed by atoms with van der Waals surface area (Å²) in [5.74, 6) is 0. The molecule has 0 N–H and O–H groups in total. The van der Waals surface area contributed by atoms with Crippen LogP contribution in [0.15, 0.2) is 36.9 Å². The molecule has 15 heavy (non-hydrogen) atoms. The minimum Gasteiger partial charge on any atom is -0.349 e. The summed E-state index contributed by atoms with van der Waals surface area (Å²) in [6.45, 7) is 9.15. The lowest BCUT2D eigenvalue weighted by atomic mass is 10.1. The Morgan fingerprint density at radius 2 is 1.67 bits per heavy atom. The molecule has 1 aromatic carbocycles. The second-order valence-electron chi connectivity index (χ2n) is 3.13. The maximum Gasteiger partial charge on any atom is 0.183 e. The first-order valence-electron chi connectivity index (χ1n) is 5.27. The van der Waals surface area contributed by atoms with Gasteiger partial charge in [0, 0.05) is 18.8 Å². The van der Waals surface area contributed by atoms with E-state index in [9.17, 15) is 0 Å². The Morgan fingerprint density at radius 1 is 1.13 bits per heavy atom. The molecule has 0 aliphatic carbocycles. The van der Waals surface area contributed by atoms with Crippen molar-refractivity contribution in [2.45, 2.75) is 20.1 Å². The van der Waals surface area contributed by atoms with Crippen LogP contribution in [-0.4, -0.2) is 19.5 Å². The predicted octanol–water partition coefficient (Wildman–Crippen LogP) is 3.10. The predicted molar refractivity (Wildman–Crippen MR) is 62.5 cm³/mol. The molecule has 0 heterocycles. The van der Waals surface area contributed by atoms with E-state index in [1.165, 1.54) is 0 Å². The van der Waals surface area contributed by atoms with E-state index in [2.05, 4.69) is 6.58 Å². The molecule has 0 aromatic heterocycles. The minimum atomic E-state index is -0.331. The maximum atomic E-state index is 5.48. The number of hydrogen-bond donors (Lipinski definition) is 0. The molecular formula is C13H18O2. The van der Waals surface area contributed by atoms with Crippen molar-refractivity contribution in [1.29, 1.82) is 0 Å². The molecule has 2 nitrogen and oxygen atoms in total. The molecule has 0 aliphatic rings. The summed E-state index contributed by atoms with van der Waals surface area (Å²) in [7, 11) is 0. The van der Waals surface area contributed by atoms with Crippen molar-refractivity contribution in [3.8, 4) is 0 Å². The van der Waals surface area contributed by atoms with E-state index in [4.69, 9.17) is 9.47 Å². The fraction of sp³-hybridized carbons (Fsp3) is 0.385. The van der Waals surface area contributed by atoms with Crippen LogP contribution in [0.2, 0.25) is 0 Å². The molecule has 0 unspecified atom stereocenters. The van der Waals surface area contributed by atoms with Crippen LogP contribution in [0.4, 0.5) is 0 Å². The Morgan fingerprint density at radius 3 is 2.13 bits per heavy atom. The molecule has 0 saturated carbocycles. The van der Waals surface area contributed by atoms with Gasteiger partial charge in [0.1, 0.15) is 0 Å². The SMILES string of the molecule is C=C(c1ccccc1)C(OCC)OCC. The van der Waals surface area contributed by atoms with Crippen LogP contribution in [0.1, 0.15) is 19.4 Å². The van der Waals surface area contributed by atoms with Crippen LogP contribution in [0, 0.1) is 0 Å². The lowest BCUT2D eigenvalue weighted by Crippen LogP contribution is -2.18. The topological polar surface area (TPSA) is 18.5 Å². The molecule has 0 atom stereocenters. The lowest BCUT2D eigenvalue weighted by molar-refractivity contribution is -0.0962. The van der Waals surface area contributed by atoms with E-state index < -0.39 is 0 Å². The molecular weight excluding hydrogens is 188 g/mol. The van der Waals surface area contributed by atoms with Gasteiger partial charge in [0.2, 0.25) is 0 Å². The lowest BCUT2D eigenvalue weighted by Gasteiger charge is -2.19. The summed E-state index contributed by atoms with van der Waals surface area (Å²) >= 11 is 0. The number of hydrogen-bond acceptors (Lipinski definition) is 2. The Labute approximate surface area is 91.5 Å². The first kappa shape index (κ1) is 12.0. The molecule has 0 radical (unpaired) electrons. The summed E-state index contributed by atoms with van der Waals surface area (Å²) in [5, 5.41) is 0. The van der Waals surface area contributed by atoms with Crippen molar-refractivity contribution in [1.82, 2.24) is 0 Å². The average Bonchev–Trinajstić information content (AvgIpc) is 2.29. The van der Waals surface area contributed by atoms with Gasteiger partial charge < -0.3 is 9.47 Å². The molecule has 0 fully saturated rings. The second kappa shape index (κ2) is 6.38. The highest BCUT2D eigenvalue weighted by Crippen LogP contribution is 2.19. The first-order chi connectivity index (χ1) is 7.29. The van der Waals surface area contributed by atoms with Crippen molar-refractivity contribution in [3.05, 3.63) is 42.5 Å². The van der Waals surface area contributed by atoms with Gasteiger partial charge in [-0.1, -0.05) is 36.9 Å². The van der Waals surface area contributed by atoms with E-state index >= 15 is 0 Å². The zero-order valence-electron chi connectivity index (χ0n) is 9.40. The van der Waals surface area contributed by atoms with Gasteiger partial charge in [-0.25, -0.2) is 0 Å². The Balaban J connectivity index is 2.71. The summed E-state index contributed by atoms with van der Waals surface area (Å²) < 4.78 is 11.0. The molecule has 1 aromatic rings. The van der Waals surface area contributed by atoms with Crippen LogP contribution in [0.25, 0.3) is 5.57 Å². The third-order valence-electron chi connectivity index (χ3n) is 2.07. The third kappa shape index (κ3) is 3.50. The van der Waals surface area contributed by atoms with Crippen molar-refractivity contribution < 1.29 is 9.47 Å². The Bertz CT molecular complexity index is 287. The van der Waals surface area contributed by atoms with Crippen molar-refractivity contribution in [2.24, 2.45) is 0 Å². The van der Waals surface area contributed by atoms with Crippen LogP contribution >= 0.6 is 0 Å². The standard InChI is InChI=1S/C13H18O2/c1-4-14-13(15-5-2)11(3)12-9-7-6-8-10-12/h6-10,13H,3-5H2,1-2H3. The first-order valence-corrected chi connectivity index (χ1v) is 5.27. The average molecular weight is 206 g/mol. The van der Waals surface area contributed by atoms with Crippen molar-refractivity contribution in [3.63, 3.8) is 0 Å². The van der Waals surface area contributed by atoms with E-state index in [1.807, 2.05) is 44.2 Å². The summed E-state index contributed by atoms with van der Waals surface area (Å²) in [5.41, 5.74) is 1.93. The zero-order valence-corrected chi connectivity index (χ0v) is 9.40. The van der Waals surface area contributed by atoms with Gasteiger partial charge in [-0.2, -0.15) is 0 Å². The monoisotopic (exact) mass is 206 g/mol. The van der Waals surface area contributed by atoms with Crippen molar-refractivity contribution in [2.75, 3.05) is 13.2 Å². The van der Waals surface area contributed by atoms with E-state index in [-0.39, 0.29) is 6.29 Å². The fourth-order valence-corrected chi connectivity index (χ4v) is 1.34. The van der Waals surface area contributed by atoms with Gasteiger partial charge in [0.15, 0.2) is 6.29 Å². The van der Waals surface area contributed by atoms with Crippen LogP contribution < -0.4 is 0 Å². The molecule has 1 rings (SSSR count). The number of ether oxygens (including phenoxy) is 2. The number of benzene rings is 1. The van der Waals surface area contributed by atoms with Gasteiger partial charge in [-0.3, -0.25) is 0 Å². The smallest absolute Gasteiger partial charge is 0.183 e. The molecule has 0 saturated heterocycles. The molecule has 0 amide bonds. The highest BCUT2D eigenvalue weighted by molar-refractivity contribution is 5.65. The second-order valence-corrected chi connectivity index (χ2v) is 3.13. The third-order valence-corrected chi connectivity index (χ3v) is 2.07. The van der Waals surface area contributed by atoms with Gasteiger partial charge in [0.05, 0.1) is 0 Å². The van der Waals surface area contributed by atoms with Gasteiger partial charge in [-0.05, 0) is 19.4 Å². The normalized spacial score (nSPS) is 10.6. The highest BCUT2D eigenvalue weighted by atomic mass is 16.7. The molecule has 0 spiro atoms.